The van der Waals surface area contributed by atoms with Gasteiger partial charge in [-0.2, -0.15) is 0 Å². The highest BCUT2D eigenvalue weighted by molar-refractivity contribution is 6.11. The van der Waals surface area contributed by atoms with E-state index in [1.165, 1.54) is 27.4 Å². The second kappa shape index (κ2) is 3.64. The van der Waals surface area contributed by atoms with Crippen LogP contribution in [0.4, 0.5) is 5.69 Å². The summed E-state index contributed by atoms with van der Waals surface area (Å²) in [6.45, 7) is 1.07. The van der Waals surface area contributed by atoms with Gasteiger partial charge >= 0.3 is 0 Å². The standard InChI is InChI=1S/C17H15NO/c1-18-9-8-14-16(18)7-5-12-3-2-11-4-6-13(19)10-15(11)17(12)14/h2-7,10,19H,8-9H2,1H3. The van der Waals surface area contributed by atoms with E-state index in [4.69, 9.17) is 0 Å². The van der Waals surface area contributed by atoms with Crippen LogP contribution in [-0.2, 0) is 6.42 Å². The molecule has 2 heteroatoms. The number of likely N-dealkylation sites (N-methyl/N-ethyl adjacent to an activating group) is 1. The first-order valence-electron chi connectivity index (χ1n) is 6.62. The molecule has 19 heavy (non-hydrogen) atoms. The van der Waals surface area contributed by atoms with Gasteiger partial charge in [-0.25, -0.2) is 0 Å². The molecule has 0 saturated heterocycles. The molecule has 0 bridgehead atoms. The Labute approximate surface area is 111 Å². The summed E-state index contributed by atoms with van der Waals surface area (Å²) < 4.78 is 0. The van der Waals surface area contributed by atoms with Gasteiger partial charge in [0.1, 0.15) is 5.75 Å². The minimum absolute atomic E-state index is 0.337. The van der Waals surface area contributed by atoms with Crippen molar-refractivity contribution in [3.8, 4) is 5.75 Å². The van der Waals surface area contributed by atoms with E-state index >= 15 is 0 Å². The zero-order chi connectivity index (χ0) is 13.0. The van der Waals surface area contributed by atoms with Crippen LogP contribution in [0.2, 0.25) is 0 Å². The van der Waals surface area contributed by atoms with E-state index in [1.807, 2.05) is 12.1 Å². The molecule has 1 N–H and O–H groups in total. The van der Waals surface area contributed by atoms with E-state index in [2.05, 4.69) is 36.2 Å². The van der Waals surface area contributed by atoms with Gasteiger partial charge in [0.05, 0.1) is 0 Å². The van der Waals surface area contributed by atoms with Gasteiger partial charge in [0.25, 0.3) is 0 Å². The van der Waals surface area contributed by atoms with Crippen LogP contribution >= 0.6 is 0 Å². The molecule has 0 amide bonds. The molecule has 3 aromatic rings. The molecule has 1 aliphatic heterocycles. The quantitative estimate of drug-likeness (QED) is 0.614. The predicted molar refractivity (Wildman–Crippen MR) is 80.1 cm³/mol. The molecule has 0 unspecified atom stereocenters. The summed E-state index contributed by atoms with van der Waals surface area (Å²) in [5.41, 5.74) is 2.74. The molecule has 0 spiro atoms. The zero-order valence-corrected chi connectivity index (χ0v) is 10.9. The van der Waals surface area contributed by atoms with Crippen LogP contribution in [0.25, 0.3) is 21.5 Å². The molecular formula is C17H15NO. The molecule has 0 fully saturated rings. The number of hydrogen-bond acceptors (Lipinski definition) is 2. The Bertz CT molecular complexity index is 807. The van der Waals surface area contributed by atoms with Gasteiger partial charge in [0.2, 0.25) is 0 Å². The van der Waals surface area contributed by atoms with Crippen LogP contribution in [0.1, 0.15) is 5.56 Å². The van der Waals surface area contributed by atoms with E-state index in [9.17, 15) is 5.11 Å². The van der Waals surface area contributed by atoms with Gasteiger partial charge in [-0.3, -0.25) is 0 Å². The largest absolute Gasteiger partial charge is 0.508 e. The first-order valence-corrected chi connectivity index (χ1v) is 6.62. The van der Waals surface area contributed by atoms with E-state index < -0.39 is 0 Å². The molecule has 2 nitrogen and oxygen atoms in total. The number of phenolic OH excluding ortho intramolecular Hbond substituents is 1. The summed E-state index contributed by atoms with van der Waals surface area (Å²) in [6, 6.07) is 14.3. The van der Waals surface area contributed by atoms with Crippen molar-refractivity contribution in [2.45, 2.75) is 6.42 Å². The zero-order valence-electron chi connectivity index (χ0n) is 10.9. The van der Waals surface area contributed by atoms with E-state index in [0.717, 1.165) is 18.4 Å². The van der Waals surface area contributed by atoms with Crippen LogP contribution in [-0.4, -0.2) is 18.7 Å². The average Bonchev–Trinajstić information content (AvgIpc) is 2.80. The summed E-state index contributed by atoms with van der Waals surface area (Å²) in [7, 11) is 2.14. The lowest BCUT2D eigenvalue weighted by atomic mass is 9.96. The molecular weight excluding hydrogens is 234 g/mol. The van der Waals surface area contributed by atoms with Crippen molar-refractivity contribution in [3.05, 3.63) is 48.0 Å². The average molecular weight is 249 g/mol. The van der Waals surface area contributed by atoms with Crippen LogP contribution in [0, 0.1) is 0 Å². The predicted octanol–water partition coefficient (Wildman–Crippen LogP) is 3.69. The second-order valence-corrected chi connectivity index (χ2v) is 5.30. The minimum Gasteiger partial charge on any atom is -0.508 e. The summed E-state index contributed by atoms with van der Waals surface area (Å²) in [5.74, 6) is 0.337. The molecule has 1 aliphatic rings. The molecule has 4 rings (SSSR count). The Balaban J connectivity index is 2.22. The van der Waals surface area contributed by atoms with Crippen LogP contribution < -0.4 is 4.90 Å². The molecule has 94 valence electrons. The van der Waals surface area contributed by atoms with Crippen LogP contribution in [0.3, 0.4) is 0 Å². The first-order chi connectivity index (χ1) is 9.24. The lowest BCUT2D eigenvalue weighted by Crippen LogP contribution is -2.12. The number of anilines is 1. The third-order valence-corrected chi connectivity index (χ3v) is 4.18. The lowest BCUT2D eigenvalue weighted by molar-refractivity contribution is 0.476. The summed E-state index contributed by atoms with van der Waals surface area (Å²) >= 11 is 0. The maximum atomic E-state index is 9.78. The third-order valence-electron chi connectivity index (χ3n) is 4.18. The highest BCUT2D eigenvalue weighted by Gasteiger charge is 2.19. The normalized spacial score (nSPS) is 14.3. The van der Waals surface area contributed by atoms with Crippen LogP contribution in [0.15, 0.2) is 42.5 Å². The molecule has 0 aliphatic carbocycles. The maximum absolute atomic E-state index is 9.78. The van der Waals surface area contributed by atoms with E-state index in [1.54, 1.807) is 6.07 Å². The Morgan fingerprint density at radius 2 is 1.74 bits per heavy atom. The number of hydrogen-bond donors (Lipinski definition) is 1. The van der Waals surface area contributed by atoms with Gasteiger partial charge in [-0.15, -0.1) is 0 Å². The fourth-order valence-corrected chi connectivity index (χ4v) is 3.21. The third kappa shape index (κ3) is 1.43. The smallest absolute Gasteiger partial charge is 0.116 e. The highest BCUT2D eigenvalue weighted by atomic mass is 16.3. The fraction of sp³-hybridized carbons (Fsp3) is 0.176. The molecule has 0 atom stereocenters. The van der Waals surface area contributed by atoms with Gasteiger partial charge < -0.3 is 10.0 Å². The van der Waals surface area contributed by atoms with Crippen molar-refractivity contribution < 1.29 is 5.11 Å². The Kier molecular flexibility index (Phi) is 2.05. The number of aromatic hydroxyl groups is 1. The molecule has 3 aromatic carbocycles. The number of phenols is 1. The van der Waals surface area contributed by atoms with E-state index in [-0.39, 0.29) is 0 Å². The number of rotatable bonds is 0. The minimum atomic E-state index is 0.337. The Hall–Kier alpha value is -2.22. The summed E-state index contributed by atoms with van der Waals surface area (Å²) in [6.07, 6.45) is 1.08. The van der Waals surface area contributed by atoms with Gasteiger partial charge in [-0.05, 0) is 51.7 Å². The van der Waals surface area contributed by atoms with Crippen molar-refractivity contribution in [1.82, 2.24) is 0 Å². The van der Waals surface area contributed by atoms with Crippen molar-refractivity contribution in [2.24, 2.45) is 0 Å². The van der Waals surface area contributed by atoms with Crippen molar-refractivity contribution in [3.63, 3.8) is 0 Å². The maximum Gasteiger partial charge on any atom is 0.116 e. The van der Waals surface area contributed by atoms with Crippen molar-refractivity contribution in [2.75, 3.05) is 18.5 Å². The van der Waals surface area contributed by atoms with Gasteiger partial charge in [0, 0.05) is 19.3 Å². The topological polar surface area (TPSA) is 23.5 Å². The SMILES string of the molecule is CN1CCc2c1ccc1ccc3ccc(O)cc3c21. The first kappa shape index (κ1) is 10.7. The number of benzene rings is 3. The van der Waals surface area contributed by atoms with E-state index in [0.29, 0.717) is 5.75 Å². The van der Waals surface area contributed by atoms with Gasteiger partial charge in [0.15, 0.2) is 0 Å². The monoisotopic (exact) mass is 249 g/mol. The molecule has 0 saturated carbocycles. The fourth-order valence-electron chi connectivity index (χ4n) is 3.21. The van der Waals surface area contributed by atoms with Gasteiger partial charge in [-0.1, -0.05) is 24.3 Å². The Morgan fingerprint density at radius 1 is 1.00 bits per heavy atom. The summed E-state index contributed by atoms with van der Waals surface area (Å²) in [5, 5.41) is 14.7. The summed E-state index contributed by atoms with van der Waals surface area (Å²) in [4.78, 5) is 2.30. The van der Waals surface area contributed by atoms with Crippen molar-refractivity contribution in [1.29, 1.82) is 0 Å². The lowest BCUT2D eigenvalue weighted by Gasteiger charge is -2.13. The number of fused-ring (bicyclic) bond motifs is 5. The van der Waals surface area contributed by atoms with Crippen molar-refractivity contribution >= 4 is 27.2 Å². The molecule has 1 heterocycles. The van der Waals surface area contributed by atoms with Crippen LogP contribution in [0.5, 0.6) is 5.75 Å². The highest BCUT2D eigenvalue weighted by Crippen LogP contribution is 2.38. The number of nitrogens with zero attached hydrogens (tertiary/aromatic N) is 1. The second-order valence-electron chi connectivity index (χ2n) is 5.30. The Morgan fingerprint density at radius 3 is 2.63 bits per heavy atom. The molecule has 0 aromatic heterocycles. The molecule has 0 radical (unpaired) electrons.